The lowest BCUT2D eigenvalue weighted by Gasteiger charge is -2.42. The van der Waals surface area contributed by atoms with Crippen molar-refractivity contribution in [2.45, 2.75) is 84.1 Å². The predicted molar refractivity (Wildman–Crippen MR) is 129 cm³/mol. The van der Waals surface area contributed by atoms with Gasteiger partial charge in [-0.05, 0) is 52.0 Å². The third-order valence-corrected chi connectivity index (χ3v) is 6.43. The van der Waals surface area contributed by atoms with E-state index in [2.05, 4.69) is 5.32 Å². The first-order chi connectivity index (χ1) is 16.1. The van der Waals surface area contributed by atoms with Crippen LogP contribution in [-0.4, -0.2) is 65.2 Å². The van der Waals surface area contributed by atoms with Crippen LogP contribution in [0.3, 0.4) is 0 Å². The van der Waals surface area contributed by atoms with E-state index in [0.29, 0.717) is 19.6 Å². The van der Waals surface area contributed by atoms with Gasteiger partial charge in [-0.1, -0.05) is 49.6 Å². The zero-order valence-corrected chi connectivity index (χ0v) is 20.9. The molecule has 1 saturated heterocycles. The van der Waals surface area contributed by atoms with Gasteiger partial charge in [0.15, 0.2) is 0 Å². The molecule has 8 heteroatoms. The first kappa shape index (κ1) is 25.8. The van der Waals surface area contributed by atoms with Gasteiger partial charge in [0.05, 0.1) is 0 Å². The summed E-state index contributed by atoms with van der Waals surface area (Å²) in [5.41, 5.74) is 0.296. The Labute approximate surface area is 202 Å². The summed E-state index contributed by atoms with van der Waals surface area (Å²) in [6.45, 7) is 8.76. The predicted octanol–water partition coefficient (Wildman–Crippen LogP) is 4.33. The first-order valence-corrected chi connectivity index (χ1v) is 12.4. The fourth-order valence-corrected chi connectivity index (χ4v) is 4.72. The second-order valence-electron chi connectivity index (χ2n) is 10.4. The third-order valence-electron chi connectivity index (χ3n) is 6.43. The largest absolute Gasteiger partial charge is 0.445 e. The standard InChI is InChI=1S/C26H39N3O5/c1-19-17-28(25(32)33-18-20-11-7-5-8-12-20)15-16-29(19)23(30)22(21-13-9-6-10-14-21)27-24(31)34-26(2,3)4/h5,7-8,11-12,19,21-22H,6,9-10,13-18H2,1-4H3,(H,27,31)/t19-,22+/m1/s1. The van der Waals surface area contributed by atoms with Crippen molar-refractivity contribution in [3.63, 3.8) is 0 Å². The minimum absolute atomic E-state index is 0.0924. The molecule has 1 N–H and O–H groups in total. The van der Waals surface area contributed by atoms with Gasteiger partial charge in [-0.3, -0.25) is 4.79 Å². The summed E-state index contributed by atoms with van der Waals surface area (Å²) in [6, 6.07) is 8.76. The van der Waals surface area contributed by atoms with Gasteiger partial charge in [-0.2, -0.15) is 0 Å². The van der Waals surface area contributed by atoms with E-state index < -0.39 is 17.7 Å². The van der Waals surface area contributed by atoms with Crippen molar-refractivity contribution in [1.82, 2.24) is 15.1 Å². The summed E-state index contributed by atoms with van der Waals surface area (Å²) >= 11 is 0. The molecule has 8 nitrogen and oxygen atoms in total. The van der Waals surface area contributed by atoms with Gasteiger partial charge in [0.1, 0.15) is 18.2 Å². The third kappa shape index (κ3) is 7.37. The molecule has 188 valence electrons. The molecular formula is C26H39N3O5. The molecule has 3 amide bonds. The lowest BCUT2D eigenvalue weighted by atomic mass is 9.83. The fraction of sp³-hybridized carbons (Fsp3) is 0.654. The minimum Gasteiger partial charge on any atom is -0.445 e. The molecule has 1 aromatic rings. The summed E-state index contributed by atoms with van der Waals surface area (Å²) < 4.78 is 10.9. The van der Waals surface area contributed by atoms with Gasteiger partial charge in [0, 0.05) is 25.7 Å². The molecule has 1 saturated carbocycles. The Morgan fingerprint density at radius 2 is 1.74 bits per heavy atom. The Kier molecular flexibility index (Phi) is 8.80. The van der Waals surface area contributed by atoms with E-state index in [1.165, 1.54) is 0 Å². The van der Waals surface area contributed by atoms with Gasteiger partial charge >= 0.3 is 12.2 Å². The summed E-state index contributed by atoms with van der Waals surface area (Å²) in [5.74, 6) is -0.00241. The second kappa shape index (κ2) is 11.6. The fourth-order valence-electron chi connectivity index (χ4n) is 4.72. The number of benzene rings is 1. The number of alkyl carbamates (subject to hydrolysis) is 1. The number of rotatable bonds is 5. The molecule has 2 aliphatic rings. The van der Waals surface area contributed by atoms with Crippen LogP contribution in [0.25, 0.3) is 0 Å². The average Bonchev–Trinajstić information content (AvgIpc) is 2.80. The van der Waals surface area contributed by atoms with E-state index in [4.69, 9.17) is 9.47 Å². The number of carbonyl (C=O) groups is 3. The maximum absolute atomic E-state index is 13.6. The molecular weight excluding hydrogens is 434 g/mol. The number of carbonyl (C=O) groups excluding carboxylic acids is 3. The van der Waals surface area contributed by atoms with Gasteiger partial charge in [-0.25, -0.2) is 9.59 Å². The summed E-state index contributed by atoms with van der Waals surface area (Å²) in [7, 11) is 0. The summed E-state index contributed by atoms with van der Waals surface area (Å²) in [5, 5.41) is 2.88. The van der Waals surface area contributed by atoms with Crippen LogP contribution in [0.5, 0.6) is 0 Å². The summed E-state index contributed by atoms with van der Waals surface area (Å²) in [6.07, 6.45) is 4.15. The van der Waals surface area contributed by atoms with E-state index in [0.717, 1.165) is 37.7 Å². The normalized spacial score (nSPS) is 20.4. The van der Waals surface area contributed by atoms with Crippen LogP contribution in [0.1, 0.15) is 65.4 Å². The monoisotopic (exact) mass is 473 g/mol. The number of hydrogen-bond acceptors (Lipinski definition) is 5. The van der Waals surface area contributed by atoms with Gasteiger partial charge in [0.25, 0.3) is 0 Å². The van der Waals surface area contributed by atoms with Gasteiger partial charge in [-0.15, -0.1) is 0 Å². The number of piperazine rings is 1. The van der Waals surface area contributed by atoms with Crippen LogP contribution in [-0.2, 0) is 20.9 Å². The molecule has 34 heavy (non-hydrogen) atoms. The van der Waals surface area contributed by atoms with Crippen molar-refractivity contribution in [3.05, 3.63) is 35.9 Å². The zero-order chi connectivity index (χ0) is 24.7. The Bertz CT molecular complexity index is 833. The van der Waals surface area contributed by atoms with E-state index in [1.54, 1.807) is 9.80 Å². The topological polar surface area (TPSA) is 88.2 Å². The molecule has 0 radical (unpaired) electrons. The van der Waals surface area contributed by atoms with E-state index in [9.17, 15) is 14.4 Å². The molecule has 0 bridgehead atoms. The molecule has 1 aliphatic heterocycles. The summed E-state index contributed by atoms with van der Waals surface area (Å²) in [4.78, 5) is 42.2. The minimum atomic E-state index is -0.636. The quantitative estimate of drug-likeness (QED) is 0.688. The van der Waals surface area contributed by atoms with E-state index in [1.807, 2.05) is 58.0 Å². The Morgan fingerprint density at radius 3 is 2.35 bits per heavy atom. The van der Waals surface area contributed by atoms with Crippen LogP contribution in [0, 0.1) is 5.92 Å². The highest BCUT2D eigenvalue weighted by Crippen LogP contribution is 2.28. The SMILES string of the molecule is C[C@@H]1CN(C(=O)OCc2ccccc2)CCN1C(=O)[C@@H](NC(=O)OC(C)(C)C)C1CCCCC1. The lowest BCUT2D eigenvalue weighted by Crippen LogP contribution is -2.61. The molecule has 3 rings (SSSR count). The highest BCUT2D eigenvalue weighted by atomic mass is 16.6. The Hall–Kier alpha value is -2.77. The molecule has 0 spiro atoms. The van der Waals surface area contributed by atoms with E-state index in [-0.39, 0.29) is 30.6 Å². The van der Waals surface area contributed by atoms with Crippen LogP contribution in [0.4, 0.5) is 9.59 Å². The second-order valence-corrected chi connectivity index (χ2v) is 10.4. The maximum atomic E-state index is 13.6. The highest BCUT2D eigenvalue weighted by Gasteiger charge is 2.39. The van der Waals surface area contributed by atoms with E-state index >= 15 is 0 Å². The smallest absolute Gasteiger partial charge is 0.410 e. The van der Waals surface area contributed by atoms with Crippen LogP contribution in [0.2, 0.25) is 0 Å². The van der Waals surface area contributed by atoms with Gasteiger partial charge in [0.2, 0.25) is 5.91 Å². The van der Waals surface area contributed by atoms with Gasteiger partial charge < -0.3 is 24.6 Å². The number of hydrogen-bond donors (Lipinski definition) is 1. The molecule has 1 aliphatic carbocycles. The van der Waals surface area contributed by atoms with Crippen LogP contribution >= 0.6 is 0 Å². The van der Waals surface area contributed by atoms with Crippen molar-refractivity contribution in [2.24, 2.45) is 5.92 Å². The average molecular weight is 474 g/mol. The van der Waals surface area contributed by atoms with Crippen molar-refractivity contribution >= 4 is 18.1 Å². The number of ether oxygens (including phenoxy) is 2. The Morgan fingerprint density at radius 1 is 1.06 bits per heavy atom. The van der Waals surface area contributed by atoms with Crippen molar-refractivity contribution in [1.29, 1.82) is 0 Å². The number of amides is 3. The molecule has 1 heterocycles. The first-order valence-electron chi connectivity index (χ1n) is 12.4. The Balaban J connectivity index is 1.60. The van der Waals surface area contributed by atoms with Crippen LogP contribution < -0.4 is 5.32 Å². The molecule has 2 fully saturated rings. The van der Waals surface area contributed by atoms with Crippen molar-refractivity contribution in [2.75, 3.05) is 19.6 Å². The molecule has 0 unspecified atom stereocenters. The highest BCUT2D eigenvalue weighted by molar-refractivity contribution is 5.86. The van der Waals surface area contributed by atoms with Crippen LogP contribution in [0.15, 0.2) is 30.3 Å². The maximum Gasteiger partial charge on any atom is 0.410 e. The molecule has 1 aromatic carbocycles. The van der Waals surface area contributed by atoms with Crippen molar-refractivity contribution in [3.8, 4) is 0 Å². The molecule has 2 atom stereocenters. The zero-order valence-electron chi connectivity index (χ0n) is 20.9. The number of nitrogens with one attached hydrogen (secondary N) is 1. The van der Waals surface area contributed by atoms with Crippen molar-refractivity contribution < 1.29 is 23.9 Å². The lowest BCUT2D eigenvalue weighted by molar-refractivity contribution is -0.139. The number of nitrogens with zero attached hydrogens (tertiary/aromatic N) is 2. The molecule has 0 aromatic heterocycles.